The van der Waals surface area contributed by atoms with Crippen molar-refractivity contribution in [2.75, 3.05) is 5.73 Å². The first kappa shape index (κ1) is 11.4. The summed E-state index contributed by atoms with van der Waals surface area (Å²) in [6, 6.07) is 11.4. The fourth-order valence-electron chi connectivity index (χ4n) is 1.22. The zero-order chi connectivity index (χ0) is 12.3. The molecular weight excluding hydrogens is 237 g/mol. The minimum atomic E-state index is -0.280. The van der Waals surface area contributed by atoms with E-state index in [4.69, 9.17) is 11.0 Å². The van der Waals surface area contributed by atoms with Crippen molar-refractivity contribution in [2.24, 2.45) is 0 Å². The Morgan fingerprint density at radius 1 is 1.18 bits per heavy atom. The number of halogens is 1. The van der Waals surface area contributed by atoms with Gasteiger partial charge in [0.2, 0.25) is 0 Å². The molecule has 0 atom stereocenters. The van der Waals surface area contributed by atoms with Crippen LogP contribution >= 0.6 is 11.8 Å². The Kier molecular flexibility index (Phi) is 3.26. The van der Waals surface area contributed by atoms with Gasteiger partial charge >= 0.3 is 0 Å². The number of nitrogens with zero attached hydrogens (tertiary/aromatic N) is 2. The van der Waals surface area contributed by atoms with E-state index in [9.17, 15) is 4.39 Å². The molecule has 0 unspecified atom stereocenters. The lowest BCUT2D eigenvalue weighted by Crippen LogP contribution is -1.94. The molecule has 5 heteroatoms. The van der Waals surface area contributed by atoms with E-state index in [0.29, 0.717) is 10.7 Å². The number of rotatable bonds is 2. The van der Waals surface area contributed by atoms with Gasteiger partial charge in [0, 0.05) is 4.90 Å². The van der Waals surface area contributed by atoms with Gasteiger partial charge < -0.3 is 5.73 Å². The summed E-state index contributed by atoms with van der Waals surface area (Å²) < 4.78 is 12.7. The van der Waals surface area contributed by atoms with E-state index in [1.807, 2.05) is 6.07 Å². The van der Waals surface area contributed by atoms with E-state index < -0.39 is 0 Å². The third-order valence-electron chi connectivity index (χ3n) is 2.04. The summed E-state index contributed by atoms with van der Waals surface area (Å²) in [7, 11) is 0. The maximum absolute atomic E-state index is 12.7. The molecule has 0 aliphatic heterocycles. The van der Waals surface area contributed by atoms with Crippen molar-refractivity contribution in [3.05, 3.63) is 47.9 Å². The lowest BCUT2D eigenvalue weighted by atomic mass is 10.3. The van der Waals surface area contributed by atoms with Crippen molar-refractivity contribution in [3.63, 3.8) is 0 Å². The predicted octanol–water partition coefficient (Wildman–Crippen LogP) is 2.83. The molecule has 3 nitrogen and oxygen atoms in total. The number of nitrogen functional groups attached to an aromatic ring is 1. The number of nitrogens with two attached hydrogens (primary N) is 1. The first-order valence-corrected chi connectivity index (χ1v) is 5.61. The molecule has 84 valence electrons. The monoisotopic (exact) mass is 245 g/mol. The average molecular weight is 245 g/mol. The zero-order valence-electron chi connectivity index (χ0n) is 8.72. The average Bonchev–Trinajstić information content (AvgIpc) is 2.34. The number of aromatic nitrogens is 1. The molecule has 2 N–H and O–H groups in total. The second kappa shape index (κ2) is 4.85. The summed E-state index contributed by atoms with van der Waals surface area (Å²) in [6.07, 6.45) is 0. The van der Waals surface area contributed by atoms with Gasteiger partial charge in [0.1, 0.15) is 16.9 Å². The Morgan fingerprint density at radius 3 is 2.53 bits per heavy atom. The van der Waals surface area contributed by atoms with Crippen LogP contribution in [-0.2, 0) is 0 Å². The fourth-order valence-corrected chi connectivity index (χ4v) is 2.01. The van der Waals surface area contributed by atoms with Crippen LogP contribution in [0.5, 0.6) is 0 Å². The second-order valence-electron chi connectivity index (χ2n) is 3.26. The van der Waals surface area contributed by atoms with Gasteiger partial charge in [-0.05, 0) is 36.4 Å². The highest BCUT2D eigenvalue weighted by molar-refractivity contribution is 7.99. The van der Waals surface area contributed by atoms with Gasteiger partial charge in [0.25, 0.3) is 0 Å². The van der Waals surface area contributed by atoms with Crippen LogP contribution < -0.4 is 5.73 Å². The molecule has 0 amide bonds. The van der Waals surface area contributed by atoms with Crippen LogP contribution in [-0.4, -0.2) is 4.98 Å². The third-order valence-corrected chi connectivity index (χ3v) is 2.99. The number of hydrogen-bond donors (Lipinski definition) is 1. The van der Waals surface area contributed by atoms with Gasteiger partial charge in [0.15, 0.2) is 5.69 Å². The Hall–Kier alpha value is -2.06. The minimum Gasteiger partial charge on any atom is -0.396 e. The largest absolute Gasteiger partial charge is 0.396 e. The van der Waals surface area contributed by atoms with E-state index in [1.54, 1.807) is 24.3 Å². The summed E-state index contributed by atoms with van der Waals surface area (Å²) >= 11 is 1.35. The topological polar surface area (TPSA) is 62.7 Å². The van der Waals surface area contributed by atoms with E-state index in [1.165, 1.54) is 23.9 Å². The van der Waals surface area contributed by atoms with Crippen LogP contribution in [0.2, 0.25) is 0 Å². The van der Waals surface area contributed by atoms with Crippen molar-refractivity contribution in [1.82, 2.24) is 4.98 Å². The summed E-state index contributed by atoms with van der Waals surface area (Å²) in [6.45, 7) is 0. The van der Waals surface area contributed by atoms with Gasteiger partial charge in [-0.15, -0.1) is 0 Å². The second-order valence-corrected chi connectivity index (χ2v) is 4.35. The molecule has 1 aromatic carbocycles. The summed E-state index contributed by atoms with van der Waals surface area (Å²) in [5.74, 6) is -0.280. The van der Waals surface area contributed by atoms with E-state index in [-0.39, 0.29) is 11.5 Å². The Bertz CT molecular complexity index is 575. The van der Waals surface area contributed by atoms with Crippen LogP contribution in [0.25, 0.3) is 0 Å². The van der Waals surface area contributed by atoms with Crippen LogP contribution in [0.15, 0.2) is 46.3 Å². The van der Waals surface area contributed by atoms with Gasteiger partial charge in [-0.2, -0.15) is 5.26 Å². The Morgan fingerprint density at radius 2 is 1.88 bits per heavy atom. The van der Waals surface area contributed by atoms with E-state index >= 15 is 0 Å². The van der Waals surface area contributed by atoms with Gasteiger partial charge in [-0.3, -0.25) is 0 Å². The Balaban J connectivity index is 2.25. The first-order valence-electron chi connectivity index (χ1n) is 4.79. The number of nitriles is 1. The number of anilines is 1. The molecule has 0 saturated carbocycles. The van der Waals surface area contributed by atoms with Crippen LogP contribution in [0.3, 0.4) is 0 Å². The highest BCUT2D eigenvalue weighted by atomic mass is 32.2. The standard InChI is InChI=1S/C12H8FN3S/c13-8-1-3-9(4-2-8)17-12-6-5-10(15)11(7-14)16-12/h1-6H,15H2. The number of hydrogen-bond acceptors (Lipinski definition) is 4. The highest BCUT2D eigenvalue weighted by Gasteiger charge is 2.04. The molecule has 0 aliphatic rings. The smallest absolute Gasteiger partial charge is 0.164 e. The normalized spacial score (nSPS) is 9.88. The maximum Gasteiger partial charge on any atom is 0.164 e. The summed E-state index contributed by atoms with van der Waals surface area (Å²) in [5, 5.41) is 9.45. The van der Waals surface area contributed by atoms with Crippen molar-refractivity contribution >= 4 is 17.4 Å². The number of pyridine rings is 1. The quantitative estimate of drug-likeness (QED) is 0.883. The SMILES string of the molecule is N#Cc1nc(Sc2ccc(F)cc2)ccc1N. The van der Waals surface area contributed by atoms with Crippen molar-refractivity contribution in [2.45, 2.75) is 9.92 Å². The minimum absolute atomic E-state index is 0.206. The zero-order valence-corrected chi connectivity index (χ0v) is 9.54. The summed E-state index contributed by atoms with van der Waals surface area (Å²) in [4.78, 5) is 4.95. The molecule has 17 heavy (non-hydrogen) atoms. The van der Waals surface area contributed by atoms with Gasteiger partial charge in [0.05, 0.1) is 5.69 Å². The molecule has 0 spiro atoms. The van der Waals surface area contributed by atoms with Crippen molar-refractivity contribution in [1.29, 1.82) is 5.26 Å². The summed E-state index contributed by atoms with van der Waals surface area (Å²) in [5.41, 5.74) is 6.13. The predicted molar refractivity (Wildman–Crippen MR) is 63.9 cm³/mol. The Labute approximate surface area is 102 Å². The third kappa shape index (κ3) is 2.74. The lowest BCUT2D eigenvalue weighted by molar-refractivity contribution is 0.626. The molecule has 2 aromatic rings. The molecule has 1 heterocycles. The maximum atomic E-state index is 12.7. The molecule has 0 fully saturated rings. The van der Waals surface area contributed by atoms with Crippen LogP contribution in [0.1, 0.15) is 5.69 Å². The van der Waals surface area contributed by atoms with Crippen LogP contribution in [0, 0.1) is 17.1 Å². The van der Waals surface area contributed by atoms with Crippen molar-refractivity contribution < 1.29 is 4.39 Å². The van der Waals surface area contributed by atoms with Gasteiger partial charge in [-0.1, -0.05) is 11.8 Å². The molecule has 0 radical (unpaired) electrons. The van der Waals surface area contributed by atoms with Crippen molar-refractivity contribution in [3.8, 4) is 6.07 Å². The molecule has 2 rings (SSSR count). The number of benzene rings is 1. The molecule has 0 bridgehead atoms. The first-order chi connectivity index (χ1) is 8.19. The molecular formula is C12H8FN3S. The van der Waals surface area contributed by atoms with Gasteiger partial charge in [-0.25, -0.2) is 9.37 Å². The van der Waals surface area contributed by atoms with Crippen LogP contribution in [0.4, 0.5) is 10.1 Å². The van der Waals surface area contributed by atoms with E-state index in [0.717, 1.165) is 4.90 Å². The molecule has 0 aliphatic carbocycles. The van der Waals surface area contributed by atoms with E-state index in [2.05, 4.69) is 4.98 Å². The fraction of sp³-hybridized carbons (Fsp3) is 0. The molecule has 1 aromatic heterocycles. The highest BCUT2D eigenvalue weighted by Crippen LogP contribution is 2.27. The molecule has 0 saturated heterocycles. The lowest BCUT2D eigenvalue weighted by Gasteiger charge is -2.02.